The number of halogens is 2. The SMILES string of the molecule is Fc1cc(CN2CCN(Cc3ccccc3)CC2)ccc1Br. The zero-order valence-electron chi connectivity index (χ0n) is 12.5. The molecule has 0 radical (unpaired) electrons. The van der Waals surface area contributed by atoms with Crippen LogP contribution >= 0.6 is 15.9 Å². The van der Waals surface area contributed by atoms with Gasteiger partial charge in [-0.2, -0.15) is 0 Å². The first-order valence-electron chi connectivity index (χ1n) is 7.63. The molecule has 0 spiro atoms. The largest absolute Gasteiger partial charge is 0.297 e. The third-order valence-electron chi connectivity index (χ3n) is 4.10. The standard InChI is InChI=1S/C18H20BrFN2/c19-17-7-6-16(12-18(17)20)14-22-10-8-21(9-11-22)13-15-4-2-1-3-5-15/h1-7,12H,8-11,13-14H2. The highest BCUT2D eigenvalue weighted by atomic mass is 79.9. The van der Waals surface area contributed by atoms with E-state index in [0.717, 1.165) is 44.8 Å². The molecule has 1 fully saturated rings. The third-order valence-corrected chi connectivity index (χ3v) is 4.75. The zero-order chi connectivity index (χ0) is 15.4. The summed E-state index contributed by atoms with van der Waals surface area (Å²) >= 11 is 3.20. The minimum atomic E-state index is -0.180. The van der Waals surface area contributed by atoms with E-state index in [4.69, 9.17) is 0 Å². The molecule has 0 aliphatic carbocycles. The molecule has 116 valence electrons. The van der Waals surface area contributed by atoms with Gasteiger partial charge in [0.1, 0.15) is 5.82 Å². The molecule has 1 aliphatic rings. The van der Waals surface area contributed by atoms with Gasteiger partial charge in [-0.25, -0.2) is 4.39 Å². The average molecular weight is 363 g/mol. The first-order valence-corrected chi connectivity index (χ1v) is 8.42. The molecular weight excluding hydrogens is 343 g/mol. The summed E-state index contributed by atoms with van der Waals surface area (Å²) < 4.78 is 14.1. The molecule has 2 aromatic rings. The Balaban J connectivity index is 1.50. The summed E-state index contributed by atoms with van der Waals surface area (Å²) in [5.41, 5.74) is 2.41. The average Bonchev–Trinajstić information content (AvgIpc) is 2.54. The van der Waals surface area contributed by atoms with Crippen molar-refractivity contribution in [3.05, 3.63) is 69.9 Å². The highest BCUT2D eigenvalue weighted by Crippen LogP contribution is 2.18. The quantitative estimate of drug-likeness (QED) is 0.813. The van der Waals surface area contributed by atoms with Gasteiger partial charge in [0.25, 0.3) is 0 Å². The summed E-state index contributed by atoms with van der Waals surface area (Å²) in [6.07, 6.45) is 0. The smallest absolute Gasteiger partial charge is 0.137 e. The zero-order valence-corrected chi connectivity index (χ0v) is 14.1. The van der Waals surface area contributed by atoms with Crippen molar-refractivity contribution >= 4 is 15.9 Å². The molecule has 22 heavy (non-hydrogen) atoms. The van der Waals surface area contributed by atoms with E-state index in [1.54, 1.807) is 12.1 Å². The summed E-state index contributed by atoms with van der Waals surface area (Å²) in [7, 11) is 0. The number of nitrogens with zero attached hydrogens (tertiary/aromatic N) is 2. The van der Waals surface area contributed by atoms with Gasteiger partial charge in [-0.3, -0.25) is 9.80 Å². The fourth-order valence-corrected chi connectivity index (χ4v) is 3.09. The van der Waals surface area contributed by atoms with Crippen LogP contribution in [0, 0.1) is 5.82 Å². The molecule has 1 aliphatic heterocycles. The lowest BCUT2D eigenvalue weighted by Crippen LogP contribution is -2.45. The number of rotatable bonds is 4. The van der Waals surface area contributed by atoms with E-state index in [1.807, 2.05) is 6.07 Å². The lowest BCUT2D eigenvalue weighted by Gasteiger charge is -2.34. The molecule has 0 unspecified atom stereocenters. The molecular formula is C18H20BrFN2. The third kappa shape index (κ3) is 4.15. The number of hydrogen-bond acceptors (Lipinski definition) is 2. The van der Waals surface area contributed by atoms with Crippen molar-refractivity contribution in [1.82, 2.24) is 9.80 Å². The van der Waals surface area contributed by atoms with Gasteiger partial charge in [0.15, 0.2) is 0 Å². The predicted octanol–water partition coefficient (Wildman–Crippen LogP) is 3.91. The lowest BCUT2D eigenvalue weighted by molar-refractivity contribution is 0.122. The summed E-state index contributed by atoms with van der Waals surface area (Å²) in [6, 6.07) is 16.0. The first-order chi connectivity index (χ1) is 10.7. The molecule has 2 aromatic carbocycles. The topological polar surface area (TPSA) is 6.48 Å². The molecule has 0 bridgehead atoms. The van der Waals surface area contributed by atoms with Crippen LogP contribution in [0.25, 0.3) is 0 Å². The first kappa shape index (κ1) is 15.7. The highest BCUT2D eigenvalue weighted by Gasteiger charge is 2.17. The molecule has 3 rings (SSSR count). The van der Waals surface area contributed by atoms with Gasteiger partial charge >= 0.3 is 0 Å². The molecule has 1 saturated heterocycles. The Kier molecular flexibility index (Phi) is 5.24. The Labute approximate surface area is 139 Å². The molecule has 0 saturated carbocycles. The molecule has 2 nitrogen and oxygen atoms in total. The highest BCUT2D eigenvalue weighted by molar-refractivity contribution is 9.10. The number of piperazine rings is 1. The Bertz CT molecular complexity index is 610. The minimum absolute atomic E-state index is 0.180. The van der Waals surface area contributed by atoms with Gasteiger partial charge in [-0.1, -0.05) is 36.4 Å². The van der Waals surface area contributed by atoms with E-state index in [-0.39, 0.29) is 5.82 Å². The van der Waals surface area contributed by atoms with Crippen molar-refractivity contribution in [3.8, 4) is 0 Å². The van der Waals surface area contributed by atoms with Crippen LogP contribution in [0.5, 0.6) is 0 Å². The maximum absolute atomic E-state index is 13.6. The maximum Gasteiger partial charge on any atom is 0.137 e. The predicted molar refractivity (Wildman–Crippen MR) is 91.1 cm³/mol. The van der Waals surface area contributed by atoms with Gasteiger partial charge in [0, 0.05) is 39.3 Å². The summed E-state index contributed by atoms with van der Waals surface area (Å²) in [5, 5.41) is 0. The molecule has 1 heterocycles. The Morgan fingerprint density at radius 3 is 2.00 bits per heavy atom. The number of hydrogen-bond donors (Lipinski definition) is 0. The van der Waals surface area contributed by atoms with E-state index in [9.17, 15) is 4.39 Å². The number of benzene rings is 2. The Morgan fingerprint density at radius 2 is 1.41 bits per heavy atom. The van der Waals surface area contributed by atoms with Crippen molar-refractivity contribution in [2.75, 3.05) is 26.2 Å². The molecule has 0 atom stereocenters. The van der Waals surface area contributed by atoms with E-state index >= 15 is 0 Å². The monoisotopic (exact) mass is 362 g/mol. The van der Waals surface area contributed by atoms with Crippen LogP contribution < -0.4 is 0 Å². The van der Waals surface area contributed by atoms with Gasteiger partial charge < -0.3 is 0 Å². The fraction of sp³-hybridized carbons (Fsp3) is 0.333. The van der Waals surface area contributed by atoms with E-state index in [0.29, 0.717) is 4.47 Å². The van der Waals surface area contributed by atoms with Crippen LogP contribution in [0.4, 0.5) is 4.39 Å². The Hall–Kier alpha value is -1.23. The van der Waals surface area contributed by atoms with Crippen LogP contribution in [-0.4, -0.2) is 36.0 Å². The van der Waals surface area contributed by atoms with Crippen LogP contribution in [-0.2, 0) is 13.1 Å². The van der Waals surface area contributed by atoms with Gasteiger partial charge in [-0.05, 0) is 39.2 Å². The normalized spacial score (nSPS) is 16.8. The van der Waals surface area contributed by atoms with E-state index < -0.39 is 0 Å². The molecule has 0 amide bonds. The molecule has 0 N–H and O–H groups in total. The van der Waals surface area contributed by atoms with Crippen LogP contribution in [0.2, 0.25) is 0 Å². The molecule has 0 aromatic heterocycles. The van der Waals surface area contributed by atoms with E-state index in [2.05, 4.69) is 56.1 Å². The van der Waals surface area contributed by atoms with Crippen LogP contribution in [0.15, 0.2) is 53.0 Å². The maximum atomic E-state index is 13.6. The minimum Gasteiger partial charge on any atom is -0.297 e. The lowest BCUT2D eigenvalue weighted by atomic mass is 10.1. The van der Waals surface area contributed by atoms with Crippen molar-refractivity contribution in [2.24, 2.45) is 0 Å². The van der Waals surface area contributed by atoms with Crippen molar-refractivity contribution < 1.29 is 4.39 Å². The summed E-state index contributed by atoms with van der Waals surface area (Å²) in [5.74, 6) is -0.180. The van der Waals surface area contributed by atoms with Crippen molar-refractivity contribution in [2.45, 2.75) is 13.1 Å². The van der Waals surface area contributed by atoms with Gasteiger partial charge in [-0.15, -0.1) is 0 Å². The van der Waals surface area contributed by atoms with Crippen LogP contribution in [0.1, 0.15) is 11.1 Å². The second kappa shape index (κ2) is 7.36. The fourth-order valence-electron chi connectivity index (χ4n) is 2.84. The van der Waals surface area contributed by atoms with Gasteiger partial charge in [0.05, 0.1) is 4.47 Å². The summed E-state index contributed by atoms with van der Waals surface area (Å²) in [6.45, 7) is 6.03. The second-order valence-corrected chi connectivity index (χ2v) is 6.64. The summed E-state index contributed by atoms with van der Waals surface area (Å²) in [4.78, 5) is 4.87. The Morgan fingerprint density at radius 1 is 0.818 bits per heavy atom. The van der Waals surface area contributed by atoms with Crippen molar-refractivity contribution in [1.29, 1.82) is 0 Å². The molecule has 4 heteroatoms. The van der Waals surface area contributed by atoms with Crippen LogP contribution in [0.3, 0.4) is 0 Å². The second-order valence-electron chi connectivity index (χ2n) is 5.79. The van der Waals surface area contributed by atoms with Gasteiger partial charge in [0.2, 0.25) is 0 Å². The van der Waals surface area contributed by atoms with Crippen molar-refractivity contribution in [3.63, 3.8) is 0 Å². The van der Waals surface area contributed by atoms with E-state index in [1.165, 1.54) is 5.56 Å².